The zero-order valence-electron chi connectivity index (χ0n) is 11.4. The summed E-state index contributed by atoms with van der Waals surface area (Å²) in [5, 5.41) is 0. The fourth-order valence-corrected chi connectivity index (χ4v) is 1.88. The number of aryl methyl sites for hydroxylation is 2. The molecule has 0 spiro atoms. The second kappa shape index (κ2) is 5.65. The predicted octanol–water partition coefficient (Wildman–Crippen LogP) is 3.13. The normalized spacial score (nSPS) is 10.3. The minimum atomic E-state index is 0.0506. The van der Waals surface area contributed by atoms with Crippen LogP contribution in [0.3, 0.4) is 0 Å². The van der Waals surface area contributed by atoms with E-state index in [4.69, 9.17) is 4.74 Å². The molecule has 1 aromatic carbocycles. The summed E-state index contributed by atoms with van der Waals surface area (Å²) in [6.07, 6.45) is 3.55. The number of aromatic nitrogens is 1. The number of carbonyl (C=O) groups is 1. The van der Waals surface area contributed by atoms with Crippen molar-refractivity contribution in [3.05, 3.63) is 58.9 Å². The predicted molar refractivity (Wildman–Crippen MR) is 74.7 cm³/mol. The van der Waals surface area contributed by atoms with Gasteiger partial charge in [-0.2, -0.15) is 0 Å². The maximum Gasteiger partial charge on any atom is 0.168 e. The highest BCUT2D eigenvalue weighted by Crippen LogP contribution is 2.15. The Kier molecular flexibility index (Phi) is 3.95. The number of ether oxygens (including phenoxy) is 1. The van der Waals surface area contributed by atoms with E-state index in [-0.39, 0.29) is 5.78 Å². The van der Waals surface area contributed by atoms with E-state index in [2.05, 4.69) is 24.9 Å². The Balaban J connectivity index is 2.18. The van der Waals surface area contributed by atoms with E-state index in [1.54, 1.807) is 25.6 Å². The molecule has 0 aliphatic rings. The Morgan fingerprint density at radius 3 is 2.63 bits per heavy atom. The first-order chi connectivity index (χ1) is 9.10. The zero-order chi connectivity index (χ0) is 13.8. The molecule has 1 heterocycles. The van der Waals surface area contributed by atoms with Crippen molar-refractivity contribution in [2.75, 3.05) is 7.11 Å². The quantitative estimate of drug-likeness (QED) is 0.788. The van der Waals surface area contributed by atoms with Gasteiger partial charge in [-0.1, -0.05) is 18.2 Å². The van der Waals surface area contributed by atoms with Gasteiger partial charge in [-0.3, -0.25) is 9.78 Å². The van der Waals surface area contributed by atoms with E-state index in [9.17, 15) is 4.79 Å². The van der Waals surface area contributed by atoms with Gasteiger partial charge in [0.05, 0.1) is 13.3 Å². The first-order valence-electron chi connectivity index (χ1n) is 6.18. The highest BCUT2D eigenvalue weighted by molar-refractivity contribution is 5.97. The number of nitrogens with zero attached hydrogens (tertiary/aromatic N) is 1. The second-order valence-corrected chi connectivity index (χ2v) is 4.63. The summed E-state index contributed by atoms with van der Waals surface area (Å²) >= 11 is 0. The molecule has 0 saturated heterocycles. The Morgan fingerprint density at radius 1 is 1.16 bits per heavy atom. The monoisotopic (exact) mass is 255 g/mol. The van der Waals surface area contributed by atoms with Gasteiger partial charge in [0.1, 0.15) is 5.75 Å². The molecule has 19 heavy (non-hydrogen) atoms. The van der Waals surface area contributed by atoms with E-state index >= 15 is 0 Å². The molecule has 0 aliphatic carbocycles. The lowest BCUT2D eigenvalue weighted by molar-refractivity contribution is 0.0992. The van der Waals surface area contributed by atoms with Gasteiger partial charge in [0, 0.05) is 18.2 Å². The molecule has 2 aromatic rings. The number of Topliss-reactive ketones (excluding diaryl/α,β-unsaturated/α-hetero) is 1. The molecule has 0 unspecified atom stereocenters. The summed E-state index contributed by atoms with van der Waals surface area (Å²) in [5.41, 5.74) is 4.04. The van der Waals surface area contributed by atoms with Crippen molar-refractivity contribution >= 4 is 5.78 Å². The van der Waals surface area contributed by atoms with E-state index in [0.29, 0.717) is 17.7 Å². The highest BCUT2D eigenvalue weighted by Gasteiger charge is 2.09. The lowest BCUT2D eigenvalue weighted by atomic mass is 10.0. The van der Waals surface area contributed by atoms with Gasteiger partial charge in [-0.15, -0.1) is 0 Å². The molecule has 0 atom stereocenters. The minimum absolute atomic E-state index is 0.0506. The number of methoxy groups -OCH3 is 1. The number of benzene rings is 1. The zero-order valence-corrected chi connectivity index (χ0v) is 11.4. The topological polar surface area (TPSA) is 39.2 Å². The fourth-order valence-electron chi connectivity index (χ4n) is 1.88. The third kappa shape index (κ3) is 3.19. The van der Waals surface area contributed by atoms with Gasteiger partial charge in [-0.25, -0.2) is 0 Å². The lowest BCUT2D eigenvalue weighted by Gasteiger charge is -2.06. The van der Waals surface area contributed by atoms with Crippen LogP contribution < -0.4 is 4.74 Å². The number of carbonyl (C=O) groups excluding carboxylic acids is 1. The van der Waals surface area contributed by atoms with Crippen LogP contribution in [-0.4, -0.2) is 17.9 Å². The van der Waals surface area contributed by atoms with E-state index in [1.807, 2.05) is 12.1 Å². The van der Waals surface area contributed by atoms with E-state index < -0.39 is 0 Å². The van der Waals surface area contributed by atoms with Crippen molar-refractivity contribution in [3.8, 4) is 5.75 Å². The third-order valence-corrected chi connectivity index (χ3v) is 3.21. The van der Waals surface area contributed by atoms with Crippen LogP contribution in [0.4, 0.5) is 0 Å². The van der Waals surface area contributed by atoms with Crippen LogP contribution in [-0.2, 0) is 6.42 Å². The summed E-state index contributed by atoms with van der Waals surface area (Å²) in [6.45, 7) is 4.11. The molecule has 0 fully saturated rings. The third-order valence-electron chi connectivity index (χ3n) is 3.21. The van der Waals surface area contributed by atoms with Crippen LogP contribution >= 0.6 is 0 Å². The fraction of sp³-hybridized carbons (Fsp3) is 0.250. The van der Waals surface area contributed by atoms with E-state index in [1.165, 1.54) is 11.1 Å². The molecule has 3 heteroatoms. The molecular formula is C16H17NO2. The Labute approximate surface area is 113 Å². The average Bonchev–Trinajstić information content (AvgIpc) is 2.43. The van der Waals surface area contributed by atoms with Gasteiger partial charge < -0.3 is 4.74 Å². The van der Waals surface area contributed by atoms with Crippen molar-refractivity contribution < 1.29 is 9.53 Å². The molecule has 98 valence electrons. The summed E-state index contributed by atoms with van der Waals surface area (Å²) in [7, 11) is 1.56. The van der Waals surface area contributed by atoms with Crippen LogP contribution in [0.1, 0.15) is 27.0 Å². The average molecular weight is 255 g/mol. The highest BCUT2D eigenvalue weighted by atomic mass is 16.5. The van der Waals surface area contributed by atoms with Gasteiger partial charge >= 0.3 is 0 Å². The molecule has 0 saturated carbocycles. The van der Waals surface area contributed by atoms with Crippen molar-refractivity contribution in [1.82, 2.24) is 4.98 Å². The number of hydrogen-bond acceptors (Lipinski definition) is 3. The van der Waals surface area contributed by atoms with Crippen molar-refractivity contribution in [2.45, 2.75) is 20.3 Å². The van der Waals surface area contributed by atoms with Crippen LogP contribution in [0.25, 0.3) is 0 Å². The smallest absolute Gasteiger partial charge is 0.168 e. The Morgan fingerprint density at radius 2 is 1.95 bits per heavy atom. The first-order valence-corrected chi connectivity index (χ1v) is 6.18. The summed E-state index contributed by atoms with van der Waals surface area (Å²) in [5.74, 6) is 0.653. The standard InChI is InChI=1S/C16H17NO2/c1-11-4-5-13(6-12(11)2)7-16(18)14-8-15(19-3)10-17-9-14/h4-6,8-10H,7H2,1-3H3. The molecule has 0 amide bonds. The molecule has 2 rings (SSSR count). The van der Waals surface area contributed by atoms with Crippen LogP contribution in [0.2, 0.25) is 0 Å². The number of hydrogen-bond donors (Lipinski definition) is 0. The van der Waals surface area contributed by atoms with Gasteiger partial charge in [0.15, 0.2) is 5.78 Å². The molecule has 1 aromatic heterocycles. The number of pyridine rings is 1. The SMILES string of the molecule is COc1cncc(C(=O)Cc2ccc(C)c(C)c2)c1. The first kappa shape index (κ1) is 13.3. The Hall–Kier alpha value is -2.16. The molecule has 0 radical (unpaired) electrons. The van der Waals surface area contributed by atoms with Crippen molar-refractivity contribution in [3.63, 3.8) is 0 Å². The van der Waals surface area contributed by atoms with Crippen LogP contribution in [0.5, 0.6) is 5.75 Å². The molecule has 0 bridgehead atoms. The van der Waals surface area contributed by atoms with E-state index in [0.717, 1.165) is 5.56 Å². The minimum Gasteiger partial charge on any atom is -0.495 e. The molecule has 0 N–H and O–H groups in total. The molecular weight excluding hydrogens is 238 g/mol. The van der Waals surface area contributed by atoms with Crippen LogP contribution in [0, 0.1) is 13.8 Å². The Bertz CT molecular complexity index is 605. The maximum atomic E-state index is 12.2. The summed E-state index contributed by atoms with van der Waals surface area (Å²) in [6, 6.07) is 7.81. The lowest BCUT2D eigenvalue weighted by Crippen LogP contribution is -2.05. The maximum absolute atomic E-state index is 12.2. The van der Waals surface area contributed by atoms with Gasteiger partial charge in [0.25, 0.3) is 0 Å². The molecule has 0 aliphatic heterocycles. The van der Waals surface area contributed by atoms with Gasteiger partial charge in [-0.05, 0) is 36.6 Å². The largest absolute Gasteiger partial charge is 0.495 e. The molecule has 3 nitrogen and oxygen atoms in total. The summed E-state index contributed by atoms with van der Waals surface area (Å²) < 4.78 is 5.08. The van der Waals surface area contributed by atoms with Crippen molar-refractivity contribution in [2.24, 2.45) is 0 Å². The number of ketones is 1. The second-order valence-electron chi connectivity index (χ2n) is 4.63. The summed E-state index contributed by atoms with van der Waals surface area (Å²) in [4.78, 5) is 16.2. The van der Waals surface area contributed by atoms with Crippen LogP contribution in [0.15, 0.2) is 36.7 Å². The van der Waals surface area contributed by atoms with Crippen molar-refractivity contribution in [1.29, 1.82) is 0 Å². The number of rotatable bonds is 4. The van der Waals surface area contributed by atoms with Gasteiger partial charge in [0.2, 0.25) is 0 Å².